The van der Waals surface area contributed by atoms with Crippen LogP contribution in [0.15, 0.2) is 18.2 Å². The molecule has 5 nitrogen and oxygen atoms in total. The second-order valence-electron chi connectivity index (χ2n) is 5.41. The molecule has 1 aromatic carbocycles. The standard InChI is InChI=1S/C15H22ClN3O2/c1-2-3-4-14(18-9-7-17-8-10-18)12-5-6-13(16)15(11-12)19(20)21/h5-6,11,14,17H,2-4,7-10H2,1H3/t14-/m1/s1. The van der Waals surface area contributed by atoms with Gasteiger partial charge in [0.25, 0.3) is 5.69 Å². The molecule has 0 spiro atoms. The Morgan fingerprint density at radius 2 is 2.14 bits per heavy atom. The summed E-state index contributed by atoms with van der Waals surface area (Å²) >= 11 is 5.92. The lowest BCUT2D eigenvalue weighted by molar-refractivity contribution is -0.384. The van der Waals surface area contributed by atoms with Crippen molar-refractivity contribution in [1.29, 1.82) is 0 Å². The van der Waals surface area contributed by atoms with Crippen LogP contribution in [0.4, 0.5) is 5.69 Å². The number of nitro benzene ring substituents is 1. The summed E-state index contributed by atoms with van der Waals surface area (Å²) in [5.74, 6) is 0. The van der Waals surface area contributed by atoms with Gasteiger partial charge >= 0.3 is 0 Å². The Hall–Kier alpha value is -1.17. The number of nitro groups is 1. The van der Waals surface area contributed by atoms with Crippen LogP contribution < -0.4 is 5.32 Å². The van der Waals surface area contributed by atoms with Crippen molar-refractivity contribution < 1.29 is 4.92 Å². The van der Waals surface area contributed by atoms with E-state index < -0.39 is 4.92 Å². The van der Waals surface area contributed by atoms with Gasteiger partial charge in [-0.25, -0.2) is 0 Å². The van der Waals surface area contributed by atoms with E-state index in [-0.39, 0.29) is 16.8 Å². The average Bonchev–Trinajstić information content (AvgIpc) is 2.50. The van der Waals surface area contributed by atoms with Crippen molar-refractivity contribution in [2.24, 2.45) is 0 Å². The Morgan fingerprint density at radius 1 is 1.43 bits per heavy atom. The largest absolute Gasteiger partial charge is 0.314 e. The zero-order valence-corrected chi connectivity index (χ0v) is 13.1. The van der Waals surface area contributed by atoms with E-state index in [0.29, 0.717) is 0 Å². The minimum Gasteiger partial charge on any atom is -0.314 e. The Bertz CT molecular complexity index is 490. The van der Waals surface area contributed by atoms with Crippen molar-refractivity contribution in [2.45, 2.75) is 32.2 Å². The lowest BCUT2D eigenvalue weighted by atomic mass is 9.98. The van der Waals surface area contributed by atoms with E-state index in [0.717, 1.165) is 51.0 Å². The lowest BCUT2D eigenvalue weighted by Crippen LogP contribution is -2.45. The molecule has 0 aromatic heterocycles. The maximum absolute atomic E-state index is 11.1. The molecule has 1 atom stereocenters. The number of halogens is 1. The molecule has 21 heavy (non-hydrogen) atoms. The molecule has 0 amide bonds. The van der Waals surface area contributed by atoms with Crippen molar-refractivity contribution in [3.63, 3.8) is 0 Å². The van der Waals surface area contributed by atoms with Gasteiger partial charge in [0.1, 0.15) is 5.02 Å². The molecule has 1 heterocycles. The third-order valence-electron chi connectivity index (χ3n) is 3.98. The number of rotatable bonds is 6. The highest BCUT2D eigenvalue weighted by Crippen LogP contribution is 2.32. The second-order valence-corrected chi connectivity index (χ2v) is 5.82. The molecule has 6 heteroatoms. The number of nitrogens with zero attached hydrogens (tertiary/aromatic N) is 2. The Labute approximate surface area is 130 Å². The number of nitrogens with one attached hydrogen (secondary N) is 1. The summed E-state index contributed by atoms with van der Waals surface area (Å²) in [6.45, 7) is 6.06. The van der Waals surface area contributed by atoms with Crippen LogP contribution in [-0.2, 0) is 0 Å². The van der Waals surface area contributed by atoms with E-state index in [1.807, 2.05) is 6.07 Å². The van der Waals surface area contributed by atoms with Gasteiger partial charge in [0.2, 0.25) is 0 Å². The molecule has 1 aliphatic heterocycles. The van der Waals surface area contributed by atoms with E-state index in [1.54, 1.807) is 12.1 Å². The average molecular weight is 312 g/mol. The first-order chi connectivity index (χ1) is 10.1. The molecular weight excluding hydrogens is 290 g/mol. The zero-order chi connectivity index (χ0) is 15.2. The van der Waals surface area contributed by atoms with Crippen LogP contribution in [0.1, 0.15) is 37.8 Å². The normalized spacial score (nSPS) is 17.6. The van der Waals surface area contributed by atoms with Crippen LogP contribution in [-0.4, -0.2) is 36.0 Å². The molecule has 1 fully saturated rings. The van der Waals surface area contributed by atoms with Crippen LogP contribution in [0.3, 0.4) is 0 Å². The van der Waals surface area contributed by atoms with E-state index in [2.05, 4.69) is 17.1 Å². The van der Waals surface area contributed by atoms with Crippen molar-refractivity contribution in [3.05, 3.63) is 38.9 Å². The molecule has 0 bridgehead atoms. The fourth-order valence-electron chi connectivity index (χ4n) is 2.83. The molecule has 0 aliphatic carbocycles. The molecule has 1 N–H and O–H groups in total. The van der Waals surface area contributed by atoms with Crippen LogP contribution in [0, 0.1) is 10.1 Å². The summed E-state index contributed by atoms with van der Waals surface area (Å²) in [6.07, 6.45) is 3.26. The first-order valence-corrected chi connectivity index (χ1v) is 7.90. The summed E-state index contributed by atoms with van der Waals surface area (Å²) in [5, 5.41) is 14.6. The predicted octanol–water partition coefficient (Wildman–Crippen LogP) is 3.38. The number of piperazine rings is 1. The minimum absolute atomic E-state index is 0.00537. The van der Waals surface area contributed by atoms with E-state index >= 15 is 0 Å². The van der Waals surface area contributed by atoms with E-state index in [9.17, 15) is 10.1 Å². The number of hydrogen-bond donors (Lipinski definition) is 1. The monoisotopic (exact) mass is 311 g/mol. The molecule has 0 saturated carbocycles. The second kappa shape index (κ2) is 7.73. The number of hydrogen-bond acceptors (Lipinski definition) is 4. The zero-order valence-electron chi connectivity index (χ0n) is 12.3. The maximum atomic E-state index is 11.1. The van der Waals surface area contributed by atoms with Gasteiger partial charge in [-0.05, 0) is 18.1 Å². The smallest absolute Gasteiger partial charge is 0.288 e. The quantitative estimate of drug-likeness (QED) is 0.646. The molecule has 0 unspecified atom stereocenters. The Morgan fingerprint density at radius 3 is 2.76 bits per heavy atom. The van der Waals surface area contributed by atoms with Crippen LogP contribution in [0.2, 0.25) is 5.02 Å². The topological polar surface area (TPSA) is 58.4 Å². The van der Waals surface area contributed by atoms with Gasteiger partial charge in [-0.2, -0.15) is 0 Å². The van der Waals surface area contributed by atoms with Crippen molar-refractivity contribution >= 4 is 17.3 Å². The molecular formula is C15H22ClN3O2. The predicted molar refractivity (Wildman–Crippen MR) is 84.8 cm³/mol. The Kier molecular flexibility index (Phi) is 5.96. The fourth-order valence-corrected chi connectivity index (χ4v) is 3.01. The SMILES string of the molecule is CCCC[C@H](c1ccc(Cl)c([N+](=O)[O-])c1)N1CCNCC1. The van der Waals surface area contributed by atoms with Gasteiger partial charge in [0.15, 0.2) is 0 Å². The minimum atomic E-state index is -0.402. The fraction of sp³-hybridized carbons (Fsp3) is 0.600. The molecule has 2 rings (SSSR count). The summed E-state index contributed by atoms with van der Waals surface area (Å²) in [5.41, 5.74) is 1.01. The number of unbranched alkanes of at least 4 members (excludes halogenated alkanes) is 1. The van der Waals surface area contributed by atoms with Crippen LogP contribution in [0.5, 0.6) is 0 Å². The van der Waals surface area contributed by atoms with Gasteiger partial charge in [0.05, 0.1) is 4.92 Å². The van der Waals surface area contributed by atoms with E-state index in [4.69, 9.17) is 11.6 Å². The van der Waals surface area contributed by atoms with Gasteiger partial charge in [-0.1, -0.05) is 37.4 Å². The molecule has 1 aromatic rings. The van der Waals surface area contributed by atoms with Crippen molar-refractivity contribution in [2.75, 3.05) is 26.2 Å². The van der Waals surface area contributed by atoms with Crippen LogP contribution in [0.25, 0.3) is 0 Å². The van der Waals surface area contributed by atoms with Gasteiger partial charge < -0.3 is 5.32 Å². The lowest BCUT2D eigenvalue weighted by Gasteiger charge is -2.35. The molecule has 116 valence electrons. The van der Waals surface area contributed by atoms with E-state index in [1.165, 1.54) is 0 Å². The van der Waals surface area contributed by atoms with Gasteiger partial charge in [0, 0.05) is 38.3 Å². The van der Waals surface area contributed by atoms with Crippen molar-refractivity contribution in [1.82, 2.24) is 10.2 Å². The highest BCUT2D eigenvalue weighted by Gasteiger charge is 2.24. The summed E-state index contributed by atoms with van der Waals surface area (Å²) in [7, 11) is 0. The summed E-state index contributed by atoms with van der Waals surface area (Å²) in [6, 6.07) is 5.46. The molecule has 0 radical (unpaired) electrons. The third kappa shape index (κ3) is 4.15. The highest BCUT2D eigenvalue weighted by molar-refractivity contribution is 6.32. The highest BCUT2D eigenvalue weighted by atomic mass is 35.5. The maximum Gasteiger partial charge on any atom is 0.288 e. The molecule has 1 saturated heterocycles. The first-order valence-electron chi connectivity index (χ1n) is 7.52. The summed E-state index contributed by atoms with van der Waals surface area (Å²) in [4.78, 5) is 13.1. The van der Waals surface area contributed by atoms with Crippen molar-refractivity contribution in [3.8, 4) is 0 Å². The Balaban J connectivity index is 2.26. The van der Waals surface area contributed by atoms with Crippen LogP contribution >= 0.6 is 11.6 Å². The van der Waals surface area contributed by atoms with Gasteiger partial charge in [-0.15, -0.1) is 0 Å². The molecule has 1 aliphatic rings. The summed E-state index contributed by atoms with van der Waals surface area (Å²) < 4.78 is 0. The first kappa shape index (κ1) is 16.2. The van der Waals surface area contributed by atoms with Gasteiger partial charge in [-0.3, -0.25) is 15.0 Å². The number of benzene rings is 1. The third-order valence-corrected chi connectivity index (χ3v) is 4.29.